The zero-order chi connectivity index (χ0) is 12.3. The molecule has 0 amide bonds. The third kappa shape index (κ3) is 2.96. The fourth-order valence-corrected chi connectivity index (χ4v) is 4.46. The van der Waals surface area contributed by atoms with Crippen molar-refractivity contribution in [2.45, 2.75) is 26.1 Å². The molecule has 0 heterocycles. The van der Waals surface area contributed by atoms with Crippen LogP contribution in [0.3, 0.4) is 0 Å². The molecule has 2 heteroatoms. The summed E-state index contributed by atoms with van der Waals surface area (Å²) in [6, 6.07) is 16.2. The molecule has 1 nitrogen and oxygen atoms in total. The van der Waals surface area contributed by atoms with Crippen LogP contribution >= 0.6 is 0 Å². The van der Waals surface area contributed by atoms with E-state index in [4.69, 9.17) is 4.43 Å². The Labute approximate surface area is 105 Å². The minimum absolute atomic E-state index is 0.823. The maximum Gasteiger partial charge on any atom is 0.191 e. The summed E-state index contributed by atoms with van der Waals surface area (Å²) in [6.45, 7) is 7.48. The van der Waals surface area contributed by atoms with Gasteiger partial charge in [0.15, 0.2) is 8.32 Å². The van der Waals surface area contributed by atoms with Gasteiger partial charge in [0.2, 0.25) is 0 Å². The molecule has 2 aromatic rings. The van der Waals surface area contributed by atoms with E-state index in [1.54, 1.807) is 0 Å². The summed E-state index contributed by atoms with van der Waals surface area (Å²) in [5.41, 5.74) is 1.42. The zero-order valence-electron chi connectivity index (χ0n) is 10.9. The summed E-state index contributed by atoms with van der Waals surface area (Å²) in [4.78, 5) is 0. The van der Waals surface area contributed by atoms with Gasteiger partial charge in [-0.05, 0) is 42.4 Å². The lowest BCUT2D eigenvalue weighted by atomic mass is 10.1. The van der Waals surface area contributed by atoms with E-state index in [0.29, 0.717) is 0 Å². The molecule has 0 N–H and O–H groups in total. The highest BCUT2D eigenvalue weighted by molar-refractivity contribution is 6.70. The van der Waals surface area contributed by atoms with Gasteiger partial charge in [-0.2, -0.15) is 0 Å². The van der Waals surface area contributed by atoms with Gasteiger partial charge in [-0.3, -0.25) is 0 Å². The molecular weight excluding hydrogens is 224 g/mol. The van der Waals surface area contributed by atoms with Crippen molar-refractivity contribution in [2.75, 3.05) is 6.61 Å². The van der Waals surface area contributed by atoms with E-state index >= 15 is 0 Å². The Kier molecular flexibility index (Phi) is 3.65. The van der Waals surface area contributed by atoms with Crippen LogP contribution in [-0.2, 0) is 10.5 Å². The van der Waals surface area contributed by atoms with E-state index in [1.807, 2.05) is 0 Å². The first-order valence-corrected chi connectivity index (χ1v) is 9.34. The molecule has 0 aliphatic rings. The van der Waals surface area contributed by atoms with Gasteiger partial charge >= 0.3 is 0 Å². The van der Waals surface area contributed by atoms with Gasteiger partial charge in [-0.1, -0.05) is 42.5 Å². The SMILES string of the molecule is CCO[Si](C)(C)Cc1cccc2ccccc12. The second-order valence-corrected chi connectivity index (χ2v) is 9.17. The Bertz CT molecular complexity index is 500. The van der Waals surface area contributed by atoms with Crippen LogP contribution in [0.2, 0.25) is 13.1 Å². The maximum absolute atomic E-state index is 5.92. The van der Waals surface area contributed by atoms with E-state index in [9.17, 15) is 0 Å². The van der Waals surface area contributed by atoms with Crippen LogP contribution in [0.15, 0.2) is 42.5 Å². The molecule has 0 spiro atoms. The first kappa shape index (κ1) is 12.3. The third-order valence-electron chi connectivity index (χ3n) is 3.03. The van der Waals surface area contributed by atoms with Gasteiger partial charge in [-0.15, -0.1) is 0 Å². The zero-order valence-corrected chi connectivity index (χ0v) is 11.9. The first-order chi connectivity index (χ1) is 8.12. The standard InChI is InChI=1S/C15H20OSi/c1-4-16-17(2,3)12-14-10-7-9-13-8-5-6-11-15(13)14/h5-11H,4,12H2,1-3H3. The summed E-state index contributed by atoms with van der Waals surface area (Å²) in [5, 5.41) is 2.70. The predicted octanol–water partition coefficient (Wildman–Crippen LogP) is 4.16. The third-order valence-corrected chi connectivity index (χ3v) is 5.33. The maximum atomic E-state index is 5.92. The largest absolute Gasteiger partial charge is 0.417 e. The van der Waals surface area contributed by atoms with Crippen LogP contribution in [-0.4, -0.2) is 14.9 Å². The Balaban J connectivity index is 2.36. The van der Waals surface area contributed by atoms with Crippen molar-refractivity contribution in [3.8, 4) is 0 Å². The summed E-state index contributed by atoms with van der Waals surface area (Å²) in [7, 11) is -1.56. The molecule has 17 heavy (non-hydrogen) atoms. The van der Waals surface area contributed by atoms with Crippen molar-refractivity contribution in [3.05, 3.63) is 48.0 Å². The minimum atomic E-state index is -1.56. The molecule has 0 atom stereocenters. The van der Waals surface area contributed by atoms with Crippen LogP contribution in [0, 0.1) is 0 Å². The molecule has 2 rings (SSSR count). The molecule has 0 bridgehead atoms. The van der Waals surface area contributed by atoms with Crippen molar-refractivity contribution in [1.29, 1.82) is 0 Å². The normalized spacial score (nSPS) is 11.9. The average molecular weight is 244 g/mol. The van der Waals surface area contributed by atoms with Gasteiger partial charge in [0.1, 0.15) is 0 Å². The van der Waals surface area contributed by atoms with Gasteiger partial charge in [0.05, 0.1) is 0 Å². The van der Waals surface area contributed by atoms with Crippen LogP contribution in [0.1, 0.15) is 12.5 Å². The number of benzene rings is 2. The highest BCUT2D eigenvalue weighted by Crippen LogP contribution is 2.22. The van der Waals surface area contributed by atoms with E-state index in [-0.39, 0.29) is 0 Å². The summed E-state index contributed by atoms with van der Waals surface area (Å²) in [5.74, 6) is 0. The van der Waals surface area contributed by atoms with Crippen molar-refractivity contribution in [1.82, 2.24) is 0 Å². The Hall–Kier alpha value is -1.12. The lowest BCUT2D eigenvalue weighted by Crippen LogP contribution is -2.33. The Morgan fingerprint density at radius 2 is 1.71 bits per heavy atom. The first-order valence-electron chi connectivity index (χ1n) is 6.23. The average Bonchev–Trinajstić information content (AvgIpc) is 2.29. The van der Waals surface area contributed by atoms with Crippen LogP contribution in [0.4, 0.5) is 0 Å². The monoisotopic (exact) mass is 244 g/mol. The molecule has 2 aromatic carbocycles. The van der Waals surface area contributed by atoms with E-state index in [1.165, 1.54) is 16.3 Å². The highest BCUT2D eigenvalue weighted by atomic mass is 28.4. The lowest BCUT2D eigenvalue weighted by Gasteiger charge is -2.22. The fourth-order valence-electron chi connectivity index (χ4n) is 2.35. The molecular formula is C15H20OSi. The molecule has 0 fully saturated rings. The second-order valence-electron chi connectivity index (χ2n) is 5.01. The molecule has 0 saturated carbocycles. The Morgan fingerprint density at radius 1 is 1.00 bits per heavy atom. The predicted molar refractivity (Wildman–Crippen MR) is 76.8 cm³/mol. The lowest BCUT2D eigenvalue weighted by molar-refractivity contribution is 0.329. The van der Waals surface area contributed by atoms with E-state index < -0.39 is 8.32 Å². The van der Waals surface area contributed by atoms with Crippen LogP contribution < -0.4 is 0 Å². The van der Waals surface area contributed by atoms with Crippen molar-refractivity contribution < 1.29 is 4.43 Å². The number of fused-ring (bicyclic) bond motifs is 1. The van der Waals surface area contributed by atoms with Gasteiger partial charge < -0.3 is 4.43 Å². The summed E-state index contributed by atoms with van der Waals surface area (Å²) >= 11 is 0. The molecule has 0 unspecified atom stereocenters. The molecule has 0 radical (unpaired) electrons. The quantitative estimate of drug-likeness (QED) is 0.734. The van der Waals surface area contributed by atoms with Crippen LogP contribution in [0.25, 0.3) is 10.8 Å². The number of hydrogen-bond acceptors (Lipinski definition) is 1. The van der Waals surface area contributed by atoms with Gasteiger partial charge in [0.25, 0.3) is 0 Å². The molecule has 0 aliphatic heterocycles. The number of hydrogen-bond donors (Lipinski definition) is 0. The number of rotatable bonds is 4. The van der Waals surface area contributed by atoms with Gasteiger partial charge in [0, 0.05) is 6.61 Å². The Morgan fingerprint density at radius 3 is 2.47 bits per heavy atom. The molecule has 0 aliphatic carbocycles. The smallest absolute Gasteiger partial charge is 0.191 e. The molecule has 0 saturated heterocycles. The van der Waals surface area contributed by atoms with E-state index in [2.05, 4.69) is 62.5 Å². The second kappa shape index (κ2) is 5.03. The van der Waals surface area contributed by atoms with Crippen LogP contribution in [0.5, 0.6) is 0 Å². The van der Waals surface area contributed by atoms with Gasteiger partial charge in [-0.25, -0.2) is 0 Å². The molecule has 0 aromatic heterocycles. The molecule has 90 valence electrons. The highest BCUT2D eigenvalue weighted by Gasteiger charge is 2.22. The topological polar surface area (TPSA) is 9.23 Å². The fraction of sp³-hybridized carbons (Fsp3) is 0.333. The van der Waals surface area contributed by atoms with Crippen molar-refractivity contribution in [3.63, 3.8) is 0 Å². The van der Waals surface area contributed by atoms with Crippen molar-refractivity contribution in [2.24, 2.45) is 0 Å². The summed E-state index contributed by atoms with van der Waals surface area (Å²) in [6.07, 6.45) is 0. The van der Waals surface area contributed by atoms with E-state index in [0.717, 1.165) is 12.7 Å². The summed E-state index contributed by atoms with van der Waals surface area (Å²) < 4.78 is 5.92. The minimum Gasteiger partial charge on any atom is -0.417 e. The van der Waals surface area contributed by atoms with Crippen molar-refractivity contribution >= 4 is 19.1 Å².